The Bertz CT molecular complexity index is 1030. The minimum absolute atomic E-state index is 0.0309. The fraction of sp³-hybridized carbons (Fsp3) is 0.333. The number of nitrogens with one attached hydrogen (secondary N) is 1. The number of fused-ring (bicyclic) bond motifs is 2. The van der Waals surface area contributed by atoms with Crippen molar-refractivity contribution in [2.45, 2.75) is 38.8 Å². The first-order valence-corrected chi connectivity index (χ1v) is 9.53. The molecular formula is C21H22N4O3. The topological polar surface area (TPSA) is 86.1 Å². The van der Waals surface area contributed by atoms with Crippen molar-refractivity contribution in [2.24, 2.45) is 0 Å². The van der Waals surface area contributed by atoms with E-state index in [0.717, 1.165) is 30.3 Å². The minimum Gasteiger partial charge on any atom is -0.452 e. The molecule has 1 amide bonds. The molecule has 2 aromatic carbocycles. The predicted molar refractivity (Wildman–Crippen MR) is 104 cm³/mol. The number of aromatic nitrogens is 3. The van der Waals surface area contributed by atoms with Gasteiger partial charge in [-0.1, -0.05) is 29.5 Å². The van der Waals surface area contributed by atoms with Gasteiger partial charge in [-0.2, -0.15) is 0 Å². The third-order valence-electron chi connectivity index (χ3n) is 5.09. The normalized spacial score (nSPS) is 15.8. The molecule has 0 saturated carbocycles. The van der Waals surface area contributed by atoms with E-state index < -0.39 is 5.97 Å². The van der Waals surface area contributed by atoms with Crippen LogP contribution in [0.3, 0.4) is 0 Å². The molecule has 1 heterocycles. The van der Waals surface area contributed by atoms with Crippen molar-refractivity contribution in [3.8, 4) is 0 Å². The molecule has 144 valence electrons. The summed E-state index contributed by atoms with van der Waals surface area (Å²) >= 11 is 0. The second kappa shape index (κ2) is 7.80. The average Bonchev–Trinajstić information content (AvgIpc) is 3.14. The maximum absolute atomic E-state index is 12.3. The molecule has 1 N–H and O–H groups in total. The van der Waals surface area contributed by atoms with Crippen molar-refractivity contribution >= 4 is 22.9 Å². The maximum atomic E-state index is 12.3. The summed E-state index contributed by atoms with van der Waals surface area (Å²) in [7, 11) is 0. The maximum Gasteiger partial charge on any atom is 0.338 e. The van der Waals surface area contributed by atoms with E-state index in [-0.39, 0.29) is 18.6 Å². The van der Waals surface area contributed by atoms with Gasteiger partial charge in [-0.15, -0.1) is 5.10 Å². The van der Waals surface area contributed by atoms with E-state index >= 15 is 0 Å². The summed E-state index contributed by atoms with van der Waals surface area (Å²) in [5.74, 6) is -0.847. The van der Waals surface area contributed by atoms with E-state index in [9.17, 15) is 9.59 Å². The third-order valence-corrected chi connectivity index (χ3v) is 5.09. The lowest BCUT2D eigenvalue weighted by Gasteiger charge is -2.26. The van der Waals surface area contributed by atoms with Crippen LogP contribution in [0.4, 0.5) is 0 Å². The van der Waals surface area contributed by atoms with Gasteiger partial charge >= 0.3 is 5.97 Å². The summed E-state index contributed by atoms with van der Waals surface area (Å²) in [4.78, 5) is 24.6. The number of nitrogens with zero attached hydrogens (tertiary/aromatic N) is 3. The average molecular weight is 378 g/mol. The molecule has 4 rings (SSSR count). The lowest BCUT2D eigenvalue weighted by molar-refractivity contribution is -0.125. The molecule has 0 spiro atoms. The summed E-state index contributed by atoms with van der Waals surface area (Å²) in [6, 6.07) is 13.2. The Morgan fingerprint density at radius 3 is 2.96 bits per heavy atom. The molecule has 0 aliphatic heterocycles. The number of amides is 1. The van der Waals surface area contributed by atoms with E-state index in [0.29, 0.717) is 17.6 Å². The van der Waals surface area contributed by atoms with Gasteiger partial charge < -0.3 is 10.1 Å². The number of aryl methyl sites for hydroxylation is 2. The quantitative estimate of drug-likeness (QED) is 0.690. The monoisotopic (exact) mass is 378 g/mol. The summed E-state index contributed by atoms with van der Waals surface area (Å²) in [5.41, 5.74) is 4.25. The number of carbonyl (C=O) groups excluding carboxylic acids is 2. The molecular weight excluding hydrogens is 356 g/mol. The van der Waals surface area contributed by atoms with E-state index in [1.54, 1.807) is 22.9 Å². The van der Waals surface area contributed by atoms with Crippen molar-refractivity contribution in [3.05, 3.63) is 59.2 Å². The lowest BCUT2D eigenvalue weighted by atomic mass is 9.88. The highest BCUT2D eigenvalue weighted by Gasteiger charge is 2.22. The first-order chi connectivity index (χ1) is 13.7. The van der Waals surface area contributed by atoms with Gasteiger partial charge in [0, 0.05) is 6.54 Å². The van der Waals surface area contributed by atoms with Gasteiger partial charge in [-0.25, -0.2) is 9.48 Å². The molecule has 1 aromatic heterocycles. The van der Waals surface area contributed by atoms with Gasteiger partial charge in [-0.05, 0) is 55.5 Å². The zero-order valence-electron chi connectivity index (χ0n) is 15.7. The Morgan fingerprint density at radius 2 is 2.11 bits per heavy atom. The Morgan fingerprint density at radius 1 is 1.25 bits per heavy atom. The van der Waals surface area contributed by atoms with Gasteiger partial charge in [-0.3, -0.25) is 4.79 Å². The van der Waals surface area contributed by atoms with Gasteiger partial charge in [0.15, 0.2) is 6.61 Å². The standard InChI is InChI=1S/C21H22N4O3/c1-2-25-19-11-10-15(12-18(19)23-24-25)21(27)28-13-20(26)22-17-9-5-7-14-6-3-4-8-16(14)17/h3-4,6,8,10-12,17H,2,5,7,9,13H2,1H3,(H,22,26)/t17-/m1/s1. The molecule has 28 heavy (non-hydrogen) atoms. The zero-order chi connectivity index (χ0) is 19.5. The minimum atomic E-state index is -0.549. The number of rotatable bonds is 5. The Balaban J connectivity index is 1.37. The molecule has 3 aromatic rings. The van der Waals surface area contributed by atoms with Crippen molar-refractivity contribution in [1.29, 1.82) is 0 Å². The first-order valence-electron chi connectivity index (χ1n) is 9.53. The van der Waals surface area contributed by atoms with Crippen molar-refractivity contribution in [2.75, 3.05) is 6.61 Å². The second-order valence-corrected chi connectivity index (χ2v) is 6.90. The van der Waals surface area contributed by atoms with Crippen LogP contribution in [0.25, 0.3) is 11.0 Å². The lowest BCUT2D eigenvalue weighted by Crippen LogP contribution is -2.34. The SMILES string of the molecule is CCn1nnc2cc(C(=O)OCC(=O)N[C@@H]3CCCc4ccccc43)ccc21. The molecule has 0 fully saturated rings. The van der Waals surface area contributed by atoms with Crippen LogP contribution < -0.4 is 5.32 Å². The first kappa shape index (κ1) is 18.2. The number of ether oxygens (including phenoxy) is 1. The zero-order valence-corrected chi connectivity index (χ0v) is 15.7. The van der Waals surface area contributed by atoms with E-state index in [1.165, 1.54) is 5.56 Å². The van der Waals surface area contributed by atoms with Gasteiger partial charge in [0.1, 0.15) is 5.52 Å². The summed E-state index contributed by atoms with van der Waals surface area (Å²) in [6.07, 6.45) is 2.95. The summed E-state index contributed by atoms with van der Waals surface area (Å²) in [6.45, 7) is 2.36. The number of hydrogen-bond acceptors (Lipinski definition) is 5. The van der Waals surface area contributed by atoms with Crippen LogP contribution in [0, 0.1) is 0 Å². The molecule has 0 radical (unpaired) electrons. The van der Waals surface area contributed by atoms with Crippen LogP contribution in [-0.2, 0) is 22.5 Å². The summed E-state index contributed by atoms with van der Waals surface area (Å²) < 4.78 is 6.95. The molecule has 0 saturated heterocycles. The van der Waals surface area contributed by atoms with Crippen molar-refractivity contribution < 1.29 is 14.3 Å². The van der Waals surface area contributed by atoms with Crippen LogP contribution in [0.2, 0.25) is 0 Å². The number of hydrogen-bond donors (Lipinski definition) is 1. The van der Waals surface area contributed by atoms with Crippen molar-refractivity contribution in [1.82, 2.24) is 20.3 Å². The molecule has 1 atom stereocenters. The van der Waals surface area contributed by atoms with E-state index in [2.05, 4.69) is 21.7 Å². The molecule has 0 unspecified atom stereocenters. The van der Waals surface area contributed by atoms with Gasteiger partial charge in [0.25, 0.3) is 5.91 Å². The Labute approximate surface area is 162 Å². The molecule has 7 heteroatoms. The molecule has 7 nitrogen and oxygen atoms in total. The molecule has 0 bridgehead atoms. The van der Waals surface area contributed by atoms with E-state index in [4.69, 9.17) is 4.74 Å². The van der Waals surface area contributed by atoms with Gasteiger partial charge in [0.05, 0.1) is 17.1 Å². The smallest absolute Gasteiger partial charge is 0.338 e. The predicted octanol–water partition coefficient (Wildman–Crippen LogP) is 2.80. The Hall–Kier alpha value is -3.22. The van der Waals surface area contributed by atoms with Crippen LogP contribution in [0.15, 0.2) is 42.5 Å². The third kappa shape index (κ3) is 3.60. The second-order valence-electron chi connectivity index (χ2n) is 6.90. The van der Waals surface area contributed by atoms with E-state index in [1.807, 2.05) is 25.1 Å². The highest BCUT2D eigenvalue weighted by atomic mass is 16.5. The van der Waals surface area contributed by atoms with Crippen LogP contribution in [0.1, 0.15) is 47.3 Å². The molecule has 1 aliphatic rings. The van der Waals surface area contributed by atoms with Crippen LogP contribution >= 0.6 is 0 Å². The molecule has 1 aliphatic carbocycles. The number of carbonyl (C=O) groups is 2. The van der Waals surface area contributed by atoms with Gasteiger partial charge in [0.2, 0.25) is 0 Å². The fourth-order valence-electron chi connectivity index (χ4n) is 3.69. The van der Waals surface area contributed by atoms with Crippen LogP contribution in [-0.4, -0.2) is 33.5 Å². The van der Waals surface area contributed by atoms with Crippen LogP contribution in [0.5, 0.6) is 0 Å². The highest BCUT2D eigenvalue weighted by molar-refractivity contribution is 5.94. The largest absolute Gasteiger partial charge is 0.452 e. The highest BCUT2D eigenvalue weighted by Crippen LogP contribution is 2.29. The number of esters is 1. The summed E-state index contributed by atoms with van der Waals surface area (Å²) in [5, 5.41) is 11.1. The fourth-order valence-corrected chi connectivity index (χ4v) is 3.69. The van der Waals surface area contributed by atoms with Crippen molar-refractivity contribution in [3.63, 3.8) is 0 Å². The Kier molecular flexibility index (Phi) is 5.06. The number of benzene rings is 2.